The molecule has 1 rings (SSSR count). The number of carbonyl (C=O) groups is 2. The number of quaternary nitrogens is 1. The lowest BCUT2D eigenvalue weighted by atomic mass is 10.0. The topological polar surface area (TPSA) is 34.1 Å². The van der Waals surface area contributed by atoms with Gasteiger partial charge in [0.2, 0.25) is 0 Å². The number of β-lactam (4-membered cyclic amide) rings is 1. The summed E-state index contributed by atoms with van der Waals surface area (Å²) >= 11 is 0. The summed E-state index contributed by atoms with van der Waals surface area (Å²) in [4.78, 5) is 23.6. The standard InChI is InChI=1S/C12H21FNO2/c1-3-4-5-6-11(15)14(10(2)9-13)8-7-12(14)16/h10H,3-9H2,1-2H3/q+1. The molecule has 0 spiro atoms. The van der Waals surface area contributed by atoms with Crippen molar-refractivity contribution in [3.8, 4) is 0 Å². The van der Waals surface area contributed by atoms with E-state index in [1.54, 1.807) is 6.92 Å². The predicted octanol–water partition coefficient (Wildman–Crippen LogP) is 2.20. The molecular weight excluding hydrogens is 209 g/mol. The molecule has 3 nitrogen and oxygen atoms in total. The van der Waals surface area contributed by atoms with Crippen molar-refractivity contribution in [3.63, 3.8) is 0 Å². The molecule has 2 unspecified atom stereocenters. The summed E-state index contributed by atoms with van der Waals surface area (Å²) in [7, 11) is 0. The monoisotopic (exact) mass is 230 g/mol. The Hall–Kier alpha value is -0.770. The summed E-state index contributed by atoms with van der Waals surface area (Å²) in [6.07, 6.45) is 3.67. The fraction of sp³-hybridized carbons (Fsp3) is 0.833. The normalized spacial score (nSPS) is 26.3. The Kier molecular flexibility index (Phi) is 4.59. The number of amides is 2. The van der Waals surface area contributed by atoms with Gasteiger partial charge in [-0.15, -0.1) is 0 Å². The Morgan fingerprint density at radius 2 is 2.19 bits per heavy atom. The molecule has 16 heavy (non-hydrogen) atoms. The molecule has 1 aliphatic rings. The van der Waals surface area contributed by atoms with Gasteiger partial charge in [0.05, 0.1) is 6.42 Å². The van der Waals surface area contributed by atoms with Crippen LogP contribution in [0.4, 0.5) is 4.39 Å². The number of carbonyl (C=O) groups excluding carboxylic acids is 2. The zero-order valence-corrected chi connectivity index (χ0v) is 10.2. The molecule has 0 saturated carbocycles. The molecule has 2 amide bonds. The quantitative estimate of drug-likeness (QED) is 0.398. The van der Waals surface area contributed by atoms with Gasteiger partial charge in [-0.2, -0.15) is 4.48 Å². The molecule has 0 aromatic rings. The van der Waals surface area contributed by atoms with Crippen molar-refractivity contribution in [3.05, 3.63) is 0 Å². The van der Waals surface area contributed by atoms with Crippen LogP contribution < -0.4 is 0 Å². The van der Waals surface area contributed by atoms with E-state index in [-0.39, 0.29) is 16.3 Å². The highest BCUT2D eigenvalue weighted by atomic mass is 19.1. The lowest BCUT2D eigenvalue weighted by Crippen LogP contribution is -2.70. The highest BCUT2D eigenvalue weighted by Crippen LogP contribution is 2.29. The van der Waals surface area contributed by atoms with Gasteiger partial charge >= 0.3 is 11.8 Å². The van der Waals surface area contributed by atoms with Crippen LogP contribution in [0.2, 0.25) is 0 Å². The maximum absolute atomic E-state index is 12.7. The van der Waals surface area contributed by atoms with Gasteiger partial charge < -0.3 is 0 Å². The fourth-order valence-corrected chi connectivity index (χ4v) is 2.26. The second kappa shape index (κ2) is 5.53. The minimum absolute atomic E-state index is 0.0881. The first kappa shape index (κ1) is 13.3. The average Bonchev–Trinajstić information content (AvgIpc) is 2.27. The number of imide groups is 1. The van der Waals surface area contributed by atoms with Crippen LogP contribution in [0.25, 0.3) is 0 Å². The first-order chi connectivity index (χ1) is 7.59. The number of hydrogen-bond donors (Lipinski definition) is 0. The van der Waals surface area contributed by atoms with Gasteiger partial charge in [0.15, 0.2) is 0 Å². The Morgan fingerprint density at radius 1 is 1.50 bits per heavy atom. The van der Waals surface area contributed by atoms with E-state index >= 15 is 0 Å². The number of nitrogens with zero attached hydrogens (tertiary/aromatic N) is 1. The van der Waals surface area contributed by atoms with E-state index in [0.29, 0.717) is 19.4 Å². The molecule has 0 bridgehead atoms. The fourth-order valence-electron chi connectivity index (χ4n) is 2.26. The maximum atomic E-state index is 12.7. The molecule has 4 heteroatoms. The van der Waals surface area contributed by atoms with E-state index < -0.39 is 12.7 Å². The van der Waals surface area contributed by atoms with Gasteiger partial charge in [-0.1, -0.05) is 19.8 Å². The molecule has 1 saturated heterocycles. The molecule has 92 valence electrons. The van der Waals surface area contributed by atoms with Crippen molar-refractivity contribution in [2.24, 2.45) is 0 Å². The maximum Gasteiger partial charge on any atom is 0.327 e. The Bertz CT molecular complexity index is 280. The van der Waals surface area contributed by atoms with Crippen LogP contribution in [0, 0.1) is 0 Å². The third-order valence-corrected chi connectivity index (χ3v) is 3.54. The molecule has 0 aromatic heterocycles. The minimum Gasteiger partial charge on any atom is -0.245 e. The van der Waals surface area contributed by atoms with Crippen LogP contribution in [0.3, 0.4) is 0 Å². The van der Waals surface area contributed by atoms with Crippen molar-refractivity contribution in [2.75, 3.05) is 13.2 Å². The van der Waals surface area contributed by atoms with E-state index in [1.165, 1.54) is 0 Å². The smallest absolute Gasteiger partial charge is 0.245 e. The molecular formula is C12H21FNO2+. The zero-order chi connectivity index (χ0) is 12.2. The lowest BCUT2D eigenvalue weighted by Gasteiger charge is -2.43. The molecule has 2 atom stereocenters. The highest BCUT2D eigenvalue weighted by Gasteiger charge is 2.55. The van der Waals surface area contributed by atoms with Gasteiger partial charge in [0.1, 0.15) is 25.7 Å². The van der Waals surface area contributed by atoms with Crippen LogP contribution in [0.5, 0.6) is 0 Å². The summed E-state index contributed by atoms with van der Waals surface area (Å²) in [5.74, 6) is -0.193. The zero-order valence-electron chi connectivity index (χ0n) is 10.2. The summed E-state index contributed by atoms with van der Waals surface area (Å²) in [6, 6.07) is -0.504. The summed E-state index contributed by atoms with van der Waals surface area (Å²) in [5.41, 5.74) is 0. The largest absolute Gasteiger partial charge is 0.327 e. The second-order valence-corrected chi connectivity index (χ2v) is 4.59. The van der Waals surface area contributed by atoms with Gasteiger partial charge in [-0.25, -0.2) is 14.0 Å². The minimum atomic E-state index is -0.606. The first-order valence-electron chi connectivity index (χ1n) is 6.10. The number of rotatable bonds is 6. The molecule has 1 fully saturated rings. The third kappa shape index (κ3) is 2.17. The van der Waals surface area contributed by atoms with E-state index in [4.69, 9.17) is 0 Å². The summed E-state index contributed by atoms with van der Waals surface area (Å²) in [6.45, 7) is 3.60. The van der Waals surface area contributed by atoms with Crippen molar-refractivity contribution in [1.82, 2.24) is 0 Å². The Balaban J connectivity index is 2.64. The van der Waals surface area contributed by atoms with E-state index in [9.17, 15) is 14.0 Å². The van der Waals surface area contributed by atoms with Crippen LogP contribution in [0.15, 0.2) is 0 Å². The first-order valence-corrected chi connectivity index (χ1v) is 6.10. The predicted molar refractivity (Wildman–Crippen MR) is 59.3 cm³/mol. The van der Waals surface area contributed by atoms with E-state index in [1.807, 2.05) is 0 Å². The number of halogens is 1. The molecule has 1 heterocycles. The second-order valence-electron chi connectivity index (χ2n) is 4.59. The number of unbranched alkanes of at least 4 members (excludes halogenated alkanes) is 2. The van der Waals surface area contributed by atoms with E-state index in [0.717, 1.165) is 19.3 Å². The van der Waals surface area contributed by atoms with Crippen molar-refractivity contribution < 1.29 is 18.5 Å². The van der Waals surface area contributed by atoms with Crippen molar-refractivity contribution in [2.45, 2.75) is 52.0 Å². The third-order valence-electron chi connectivity index (χ3n) is 3.54. The molecule has 0 radical (unpaired) electrons. The number of alkyl halides is 1. The van der Waals surface area contributed by atoms with Crippen LogP contribution in [0.1, 0.15) is 46.0 Å². The van der Waals surface area contributed by atoms with Gasteiger partial charge in [0, 0.05) is 0 Å². The summed E-state index contributed by atoms with van der Waals surface area (Å²) < 4.78 is 12.5. The van der Waals surface area contributed by atoms with Crippen LogP contribution in [-0.2, 0) is 9.59 Å². The molecule has 0 aromatic carbocycles. The molecule has 0 aliphatic carbocycles. The Labute approximate surface area is 96.2 Å². The van der Waals surface area contributed by atoms with E-state index in [2.05, 4.69) is 6.92 Å². The SMILES string of the molecule is CCCCCC(=O)[N+]1(C(C)CF)CCC1=O. The van der Waals surface area contributed by atoms with Gasteiger partial charge in [-0.3, -0.25) is 0 Å². The van der Waals surface area contributed by atoms with Gasteiger partial charge in [-0.05, 0) is 13.3 Å². The van der Waals surface area contributed by atoms with Gasteiger partial charge in [0.25, 0.3) is 0 Å². The number of hydrogen-bond acceptors (Lipinski definition) is 2. The Morgan fingerprint density at radius 3 is 2.56 bits per heavy atom. The highest BCUT2D eigenvalue weighted by molar-refractivity contribution is 5.88. The van der Waals surface area contributed by atoms with Crippen LogP contribution >= 0.6 is 0 Å². The average molecular weight is 230 g/mol. The van der Waals surface area contributed by atoms with Crippen molar-refractivity contribution in [1.29, 1.82) is 0 Å². The number of likely N-dealkylation sites (tertiary alicyclic amines) is 1. The summed E-state index contributed by atoms with van der Waals surface area (Å²) in [5, 5.41) is 0. The van der Waals surface area contributed by atoms with Crippen molar-refractivity contribution >= 4 is 11.8 Å². The molecule has 1 aliphatic heterocycles. The molecule has 0 N–H and O–H groups in total. The lowest BCUT2D eigenvalue weighted by molar-refractivity contribution is -0.830. The van der Waals surface area contributed by atoms with Crippen LogP contribution in [-0.4, -0.2) is 35.6 Å².